The molecule has 10 heavy (non-hydrogen) atoms. The lowest BCUT2D eigenvalue weighted by Crippen LogP contribution is -2.26. The zero-order chi connectivity index (χ0) is 7.56. The minimum atomic E-state index is -0.195. The van der Waals surface area contributed by atoms with Gasteiger partial charge in [-0.15, -0.1) is 0 Å². The molecule has 0 spiro atoms. The molecule has 3 heteroatoms. The van der Waals surface area contributed by atoms with E-state index in [-0.39, 0.29) is 12.0 Å². The van der Waals surface area contributed by atoms with Gasteiger partial charge in [-0.1, -0.05) is 0 Å². The number of carbonyl (C=O) groups is 1. The van der Waals surface area contributed by atoms with Crippen molar-refractivity contribution in [2.75, 3.05) is 7.11 Å². The molecular weight excluding hydrogens is 130 g/mol. The Labute approximate surface area is 60.5 Å². The van der Waals surface area contributed by atoms with Gasteiger partial charge in [-0.3, -0.25) is 4.79 Å². The normalized spacial score (nSPS) is 20.2. The third kappa shape index (κ3) is 1.99. The minimum Gasteiger partial charge on any atom is -0.469 e. The lowest BCUT2D eigenvalue weighted by molar-refractivity contribution is -0.141. The third-order valence-corrected chi connectivity index (χ3v) is 1.86. The van der Waals surface area contributed by atoms with Crippen LogP contribution in [0.1, 0.15) is 19.3 Å². The SMILES string of the molecule is COC(=O)CC(N)C1CC1. The van der Waals surface area contributed by atoms with Crippen LogP contribution < -0.4 is 5.73 Å². The van der Waals surface area contributed by atoms with E-state index in [1.54, 1.807) is 0 Å². The molecule has 1 saturated carbocycles. The van der Waals surface area contributed by atoms with Crippen molar-refractivity contribution in [2.45, 2.75) is 25.3 Å². The van der Waals surface area contributed by atoms with Gasteiger partial charge in [0, 0.05) is 6.04 Å². The molecule has 1 atom stereocenters. The largest absolute Gasteiger partial charge is 0.469 e. The highest BCUT2D eigenvalue weighted by atomic mass is 16.5. The van der Waals surface area contributed by atoms with E-state index in [1.165, 1.54) is 20.0 Å². The zero-order valence-electron chi connectivity index (χ0n) is 6.17. The molecule has 0 bridgehead atoms. The third-order valence-electron chi connectivity index (χ3n) is 1.86. The molecule has 0 aromatic carbocycles. The number of hydrogen-bond acceptors (Lipinski definition) is 3. The number of rotatable bonds is 3. The number of hydrogen-bond donors (Lipinski definition) is 1. The minimum absolute atomic E-state index is 0.0347. The van der Waals surface area contributed by atoms with Crippen LogP contribution >= 0.6 is 0 Å². The molecule has 1 unspecified atom stereocenters. The summed E-state index contributed by atoms with van der Waals surface area (Å²) in [6.45, 7) is 0. The van der Waals surface area contributed by atoms with Crippen LogP contribution in [0.5, 0.6) is 0 Å². The molecule has 3 nitrogen and oxygen atoms in total. The fourth-order valence-corrected chi connectivity index (χ4v) is 0.967. The summed E-state index contributed by atoms with van der Waals surface area (Å²) in [5.41, 5.74) is 5.65. The molecule has 0 radical (unpaired) electrons. The van der Waals surface area contributed by atoms with Gasteiger partial charge in [0.05, 0.1) is 13.5 Å². The Bertz CT molecular complexity index is 132. The predicted molar refractivity (Wildman–Crippen MR) is 37.3 cm³/mol. The number of methoxy groups -OCH3 is 1. The molecule has 1 aliphatic carbocycles. The van der Waals surface area contributed by atoms with Gasteiger partial charge in [-0.2, -0.15) is 0 Å². The second-order valence-corrected chi connectivity index (χ2v) is 2.78. The van der Waals surface area contributed by atoms with Crippen LogP contribution in [-0.2, 0) is 9.53 Å². The van der Waals surface area contributed by atoms with E-state index in [9.17, 15) is 4.79 Å². The van der Waals surface area contributed by atoms with Crippen LogP contribution in [0, 0.1) is 5.92 Å². The molecule has 58 valence electrons. The Balaban J connectivity index is 2.16. The molecule has 0 aromatic rings. The summed E-state index contributed by atoms with van der Waals surface area (Å²) in [5, 5.41) is 0. The maximum Gasteiger partial charge on any atom is 0.307 e. The van der Waals surface area contributed by atoms with Gasteiger partial charge < -0.3 is 10.5 Å². The Morgan fingerprint density at radius 1 is 1.80 bits per heavy atom. The van der Waals surface area contributed by atoms with E-state index in [4.69, 9.17) is 5.73 Å². The van der Waals surface area contributed by atoms with Gasteiger partial charge in [0.1, 0.15) is 0 Å². The molecule has 0 heterocycles. The average molecular weight is 143 g/mol. The lowest BCUT2D eigenvalue weighted by Gasteiger charge is -2.06. The van der Waals surface area contributed by atoms with Crippen molar-refractivity contribution in [3.63, 3.8) is 0 Å². The smallest absolute Gasteiger partial charge is 0.307 e. The summed E-state index contributed by atoms with van der Waals surface area (Å²) in [4.78, 5) is 10.7. The average Bonchev–Trinajstić information content (AvgIpc) is 2.68. The van der Waals surface area contributed by atoms with E-state index in [1.807, 2.05) is 0 Å². The van der Waals surface area contributed by atoms with Gasteiger partial charge in [0.2, 0.25) is 0 Å². The maximum atomic E-state index is 10.7. The molecule has 0 aliphatic heterocycles. The Kier molecular flexibility index (Phi) is 2.27. The fourth-order valence-electron chi connectivity index (χ4n) is 0.967. The second kappa shape index (κ2) is 3.01. The first-order valence-electron chi connectivity index (χ1n) is 3.56. The van der Waals surface area contributed by atoms with Crippen molar-refractivity contribution in [1.29, 1.82) is 0 Å². The summed E-state index contributed by atoms with van der Waals surface area (Å²) in [5.74, 6) is 0.387. The number of esters is 1. The Morgan fingerprint density at radius 2 is 2.40 bits per heavy atom. The summed E-state index contributed by atoms with van der Waals surface area (Å²) < 4.78 is 4.48. The Hall–Kier alpha value is -0.570. The summed E-state index contributed by atoms with van der Waals surface area (Å²) >= 11 is 0. The van der Waals surface area contributed by atoms with E-state index in [0.29, 0.717) is 12.3 Å². The van der Waals surface area contributed by atoms with Crippen LogP contribution in [0.15, 0.2) is 0 Å². The Morgan fingerprint density at radius 3 is 2.80 bits per heavy atom. The summed E-state index contributed by atoms with van der Waals surface area (Å²) in [7, 11) is 1.39. The van der Waals surface area contributed by atoms with Gasteiger partial charge in [0.25, 0.3) is 0 Å². The standard InChI is InChI=1S/C7H13NO2/c1-10-7(9)4-6(8)5-2-3-5/h5-6H,2-4,8H2,1H3. The predicted octanol–water partition coefficient (Wildman–Crippen LogP) is 0.287. The van der Waals surface area contributed by atoms with Crippen molar-refractivity contribution in [1.82, 2.24) is 0 Å². The van der Waals surface area contributed by atoms with Crippen LogP contribution in [0.25, 0.3) is 0 Å². The number of carbonyl (C=O) groups excluding carboxylic acids is 1. The highest BCUT2D eigenvalue weighted by molar-refractivity contribution is 5.69. The summed E-state index contributed by atoms with van der Waals surface area (Å²) in [6.07, 6.45) is 2.73. The second-order valence-electron chi connectivity index (χ2n) is 2.78. The first-order chi connectivity index (χ1) is 4.74. The molecule has 1 rings (SSSR count). The molecule has 0 amide bonds. The summed E-state index contributed by atoms with van der Waals surface area (Å²) in [6, 6.07) is 0.0347. The zero-order valence-corrected chi connectivity index (χ0v) is 6.17. The van der Waals surface area contributed by atoms with E-state index >= 15 is 0 Å². The van der Waals surface area contributed by atoms with Gasteiger partial charge in [0.15, 0.2) is 0 Å². The highest BCUT2D eigenvalue weighted by Crippen LogP contribution is 2.32. The molecule has 2 N–H and O–H groups in total. The molecular formula is C7H13NO2. The van der Waals surface area contributed by atoms with Crippen LogP contribution in [-0.4, -0.2) is 19.1 Å². The topological polar surface area (TPSA) is 52.3 Å². The lowest BCUT2D eigenvalue weighted by atomic mass is 10.1. The van der Waals surface area contributed by atoms with Gasteiger partial charge in [-0.25, -0.2) is 0 Å². The van der Waals surface area contributed by atoms with E-state index in [0.717, 1.165) is 0 Å². The number of nitrogens with two attached hydrogens (primary N) is 1. The van der Waals surface area contributed by atoms with Crippen LogP contribution in [0.2, 0.25) is 0 Å². The van der Waals surface area contributed by atoms with E-state index in [2.05, 4.69) is 4.74 Å². The monoisotopic (exact) mass is 143 g/mol. The number of ether oxygens (including phenoxy) is 1. The molecule has 0 saturated heterocycles. The maximum absolute atomic E-state index is 10.7. The fraction of sp³-hybridized carbons (Fsp3) is 0.857. The van der Waals surface area contributed by atoms with Gasteiger partial charge in [-0.05, 0) is 18.8 Å². The first-order valence-corrected chi connectivity index (χ1v) is 3.56. The van der Waals surface area contributed by atoms with Gasteiger partial charge >= 0.3 is 5.97 Å². The first kappa shape index (κ1) is 7.54. The van der Waals surface area contributed by atoms with Crippen molar-refractivity contribution >= 4 is 5.97 Å². The van der Waals surface area contributed by atoms with Crippen molar-refractivity contribution < 1.29 is 9.53 Å². The molecule has 1 aliphatic rings. The quantitative estimate of drug-likeness (QED) is 0.577. The molecule has 1 fully saturated rings. The van der Waals surface area contributed by atoms with E-state index < -0.39 is 0 Å². The van der Waals surface area contributed by atoms with Crippen LogP contribution in [0.3, 0.4) is 0 Å². The highest BCUT2D eigenvalue weighted by Gasteiger charge is 2.29. The molecule has 0 aromatic heterocycles. The van der Waals surface area contributed by atoms with Crippen LogP contribution in [0.4, 0.5) is 0 Å². The van der Waals surface area contributed by atoms with Crippen molar-refractivity contribution in [2.24, 2.45) is 11.7 Å². The van der Waals surface area contributed by atoms with Crippen molar-refractivity contribution in [3.8, 4) is 0 Å². The van der Waals surface area contributed by atoms with Crippen molar-refractivity contribution in [3.05, 3.63) is 0 Å².